The Morgan fingerprint density at radius 3 is 1.61 bits per heavy atom. The van der Waals surface area contributed by atoms with Crippen LogP contribution in [0, 0.1) is 0 Å². The summed E-state index contributed by atoms with van der Waals surface area (Å²) in [5.74, 6) is 0. The van der Waals surface area contributed by atoms with Crippen molar-refractivity contribution >= 4 is 18.4 Å². The van der Waals surface area contributed by atoms with Crippen LogP contribution in [0.15, 0.2) is 23.3 Å². The number of rotatable bonds is 14. The maximum atomic E-state index is 2.68. The fraction of sp³-hybridized carbons (Fsp3) is 0.818. The molecule has 1 heteroatoms. The van der Waals surface area contributed by atoms with Gasteiger partial charge in [-0.25, -0.2) is 0 Å². The van der Waals surface area contributed by atoms with Gasteiger partial charge in [0, 0.05) is 0 Å². The molecular formula is C22H44Sn. The number of unbranched alkanes of at least 4 members (excludes halogenated alkanes) is 3. The number of hydrogen-bond acceptors (Lipinski definition) is 0. The van der Waals surface area contributed by atoms with E-state index < -0.39 is 18.4 Å². The molecule has 0 aliphatic rings. The Morgan fingerprint density at radius 2 is 1.22 bits per heavy atom. The molecule has 0 N–H and O–H groups in total. The summed E-state index contributed by atoms with van der Waals surface area (Å²) in [6.07, 6.45) is 16.2. The molecule has 0 unspecified atom stereocenters. The van der Waals surface area contributed by atoms with Crippen LogP contribution in [0.2, 0.25) is 17.7 Å². The van der Waals surface area contributed by atoms with Crippen LogP contribution in [0.3, 0.4) is 0 Å². The minimum atomic E-state index is -1.92. The van der Waals surface area contributed by atoms with Crippen LogP contribution in [0.4, 0.5) is 0 Å². The summed E-state index contributed by atoms with van der Waals surface area (Å²) in [6.45, 7) is 13.9. The summed E-state index contributed by atoms with van der Waals surface area (Å²) in [4.78, 5) is 0. The van der Waals surface area contributed by atoms with Gasteiger partial charge >= 0.3 is 152 Å². The Kier molecular flexibility index (Phi) is 14.8. The van der Waals surface area contributed by atoms with E-state index in [9.17, 15) is 0 Å². The van der Waals surface area contributed by atoms with Crippen LogP contribution < -0.4 is 0 Å². The Hall–Kier alpha value is 0.279. The third-order valence-electron chi connectivity index (χ3n) is 5.16. The quantitative estimate of drug-likeness (QED) is 0.193. The molecule has 0 saturated heterocycles. The van der Waals surface area contributed by atoms with Crippen LogP contribution in [0.25, 0.3) is 0 Å². The van der Waals surface area contributed by atoms with Crippen LogP contribution in [-0.2, 0) is 0 Å². The predicted molar refractivity (Wildman–Crippen MR) is 112 cm³/mol. The first kappa shape index (κ1) is 23.3. The van der Waals surface area contributed by atoms with Gasteiger partial charge < -0.3 is 0 Å². The molecule has 0 saturated carbocycles. The van der Waals surface area contributed by atoms with Gasteiger partial charge in [-0.05, 0) is 0 Å². The van der Waals surface area contributed by atoms with Gasteiger partial charge in [-0.15, -0.1) is 0 Å². The molecule has 0 aromatic carbocycles. The molecule has 0 radical (unpaired) electrons. The molecule has 0 rings (SSSR count). The molecule has 0 aliphatic heterocycles. The molecule has 0 fully saturated rings. The fourth-order valence-corrected chi connectivity index (χ4v) is 19.0. The van der Waals surface area contributed by atoms with E-state index in [0.29, 0.717) is 0 Å². The third-order valence-corrected chi connectivity index (χ3v) is 20.3. The van der Waals surface area contributed by atoms with Crippen molar-refractivity contribution in [2.45, 2.75) is 111 Å². The van der Waals surface area contributed by atoms with Crippen molar-refractivity contribution in [3.8, 4) is 0 Å². The predicted octanol–water partition coefficient (Wildman–Crippen LogP) is 8.53. The molecule has 23 heavy (non-hydrogen) atoms. The van der Waals surface area contributed by atoms with Gasteiger partial charge in [-0.2, -0.15) is 0 Å². The third kappa shape index (κ3) is 12.3. The zero-order valence-electron chi connectivity index (χ0n) is 17.1. The van der Waals surface area contributed by atoms with Gasteiger partial charge in [0.15, 0.2) is 0 Å². The van der Waals surface area contributed by atoms with Gasteiger partial charge in [-0.1, -0.05) is 0 Å². The van der Waals surface area contributed by atoms with Crippen LogP contribution >= 0.6 is 0 Å². The molecule has 0 aromatic heterocycles. The summed E-state index contributed by atoms with van der Waals surface area (Å²) in [5, 5.41) is 0. The summed E-state index contributed by atoms with van der Waals surface area (Å²) in [5.41, 5.74) is 3.10. The van der Waals surface area contributed by atoms with Crippen molar-refractivity contribution in [3.63, 3.8) is 0 Å². The van der Waals surface area contributed by atoms with Crippen LogP contribution in [-0.4, -0.2) is 18.4 Å². The topological polar surface area (TPSA) is 0 Å². The molecular weight excluding hydrogens is 383 g/mol. The second-order valence-corrected chi connectivity index (χ2v) is 21.9. The second kappa shape index (κ2) is 14.6. The Labute approximate surface area is 152 Å². The first-order valence-corrected chi connectivity index (χ1v) is 18.4. The van der Waals surface area contributed by atoms with Crippen molar-refractivity contribution in [1.29, 1.82) is 0 Å². The van der Waals surface area contributed by atoms with Gasteiger partial charge in [-0.3, -0.25) is 0 Å². The van der Waals surface area contributed by atoms with Crippen molar-refractivity contribution in [1.82, 2.24) is 0 Å². The number of hydrogen-bond donors (Lipinski definition) is 0. The van der Waals surface area contributed by atoms with E-state index in [1.165, 1.54) is 61.4 Å². The van der Waals surface area contributed by atoms with Crippen LogP contribution in [0.1, 0.15) is 92.9 Å². The van der Waals surface area contributed by atoms with E-state index in [0.717, 1.165) is 0 Å². The van der Waals surface area contributed by atoms with Gasteiger partial charge in [0.1, 0.15) is 0 Å². The van der Waals surface area contributed by atoms with E-state index in [4.69, 9.17) is 0 Å². The summed E-state index contributed by atoms with van der Waals surface area (Å²) < 4.78 is 6.45. The molecule has 0 heterocycles. The SMILES string of the molecule is CCC[CH2][Sn]([CH2]/C=C(\C)CCC=C(C)C)([CH2]CCC)[CH2]CCC. The maximum absolute atomic E-state index is 2.68. The van der Waals surface area contributed by atoms with E-state index in [1.54, 1.807) is 18.9 Å². The average Bonchev–Trinajstić information content (AvgIpc) is 2.53. The van der Waals surface area contributed by atoms with Crippen molar-refractivity contribution < 1.29 is 0 Å². The standard InChI is InChI=1S/C10H17.3C4H9.Sn/c1-5-10(4)8-6-7-9(2)3;3*1-3-4-2;/h5,7H,1,6,8H2,2-4H3;3*1,3-4H2,2H3;/b10-5+;;;;. The van der Waals surface area contributed by atoms with E-state index >= 15 is 0 Å². The van der Waals surface area contributed by atoms with Gasteiger partial charge in [0.05, 0.1) is 0 Å². The second-order valence-electron chi connectivity index (χ2n) is 7.89. The van der Waals surface area contributed by atoms with Gasteiger partial charge in [0.2, 0.25) is 0 Å². The monoisotopic (exact) mass is 428 g/mol. The average molecular weight is 427 g/mol. The first-order valence-electron chi connectivity index (χ1n) is 10.3. The Morgan fingerprint density at radius 1 is 0.739 bits per heavy atom. The Bertz CT molecular complexity index is 312. The summed E-state index contributed by atoms with van der Waals surface area (Å²) >= 11 is -1.92. The van der Waals surface area contributed by atoms with E-state index in [-0.39, 0.29) is 0 Å². The summed E-state index contributed by atoms with van der Waals surface area (Å²) in [6, 6.07) is 0. The van der Waals surface area contributed by atoms with Crippen molar-refractivity contribution in [2.24, 2.45) is 0 Å². The van der Waals surface area contributed by atoms with Crippen LogP contribution in [0.5, 0.6) is 0 Å². The molecule has 0 nitrogen and oxygen atoms in total. The first-order chi connectivity index (χ1) is 11.0. The zero-order valence-corrected chi connectivity index (χ0v) is 20.0. The molecule has 136 valence electrons. The minimum absolute atomic E-state index is 1.23. The molecule has 0 atom stereocenters. The fourth-order valence-electron chi connectivity index (χ4n) is 3.42. The van der Waals surface area contributed by atoms with Crippen molar-refractivity contribution in [2.75, 3.05) is 0 Å². The molecule has 0 aliphatic carbocycles. The molecule has 0 spiro atoms. The van der Waals surface area contributed by atoms with Crippen molar-refractivity contribution in [3.05, 3.63) is 23.3 Å². The van der Waals surface area contributed by atoms with Gasteiger partial charge in [0.25, 0.3) is 0 Å². The molecule has 0 amide bonds. The van der Waals surface area contributed by atoms with E-state index in [1.807, 2.05) is 0 Å². The molecule has 0 bridgehead atoms. The Balaban J connectivity index is 4.81. The summed E-state index contributed by atoms with van der Waals surface area (Å²) in [7, 11) is 0. The van der Waals surface area contributed by atoms with E-state index in [2.05, 4.69) is 53.7 Å². The zero-order chi connectivity index (χ0) is 17.6. The normalized spacial score (nSPS) is 12.5. The number of allylic oxidation sites excluding steroid dienone is 4. The molecule has 0 aromatic rings.